The fraction of sp³-hybridized carbons (Fsp3) is 0.857. The quantitative estimate of drug-likeness (QED) is 0.531. The van der Waals surface area contributed by atoms with Gasteiger partial charge in [-0.1, -0.05) is 0 Å². The van der Waals surface area contributed by atoms with E-state index < -0.39 is 0 Å². The van der Waals surface area contributed by atoms with Crippen LogP contribution in [0.2, 0.25) is 0 Å². The molecular weight excluding hydrogens is 144 g/mol. The normalized spacial score (nSPS) is 12.6. The predicted molar refractivity (Wildman–Crippen MR) is 43.2 cm³/mol. The van der Waals surface area contributed by atoms with E-state index >= 15 is 0 Å². The predicted octanol–water partition coefficient (Wildman–Crippen LogP) is -0.514. The molecule has 0 spiro atoms. The molecule has 3 N–H and O–H groups in total. The second-order valence-corrected chi connectivity index (χ2v) is 2.41. The minimum absolute atomic E-state index is 0.0735. The van der Waals surface area contributed by atoms with Crippen LogP contribution < -0.4 is 11.1 Å². The van der Waals surface area contributed by atoms with Crippen molar-refractivity contribution in [1.29, 1.82) is 0 Å². The fourth-order valence-electron chi connectivity index (χ4n) is 0.614. The van der Waals surface area contributed by atoms with E-state index in [1.54, 1.807) is 6.92 Å². The smallest absolute Gasteiger partial charge is 0.319 e. The van der Waals surface area contributed by atoms with Gasteiger partial charge in [0, 0.05) is 12.6 Å². The molecule has 0 heterocycles. The Morgan fingerprint density at radius 3 is 2.82 bits per heavy atom. The monoisotopic (exact) mass is 160 g/mol. The number of nitrogens with one attached hydrogen (secondary N) is 1. The first-order chi connectivity index (χ1) is 5.16. The number of hydrogen-bond donors (Lipinski definition) is 2. The van der Waals surface area contributed by atoms with Gasteiger partial charge >= 0.3 is 5.97 Å². The van der Waals surface area contributed by atoms with E-state index in [0.717, 1.165) is 0 Å². The second kappa shape index (κ2) is 6.12. The summed E-state index contributed by atoms with van der Waals surface area (Å²) in [5.74, 6) is -0.229. The van der Waals surface area contributed by atoms with E-state index in [0.29, 0.717) is 13.2 Å². The van der Waals surface area contributed by atoms with Crippen molar-refractivity contribution in [2.24, 2.45) is 5.73 Å². The summed E-state index contributed by atoms with van der Waals surface area (Å²) in [6, 6.07) is 0.0735. The summed E-state index contributed by atoms with van der Waals surface area (Å²) in [5.41, 5.74) is 5.44. The van der Waals surface area contributed by atoms with E-state index in [9.17, 15) is 4.79 Å². The van der Waals surface area contributed by atoms with Gasteiger partial charge in [0.2, 0.25) is 0 Å². The van der Waals surface area contributed by atoms with Crippen LogP contribution in [-0.2, 0) is 9.53 Å². The molecule has 0 saturated carbocycles. The molecule has 0 aliphatic rings. The Hall–Kier alpha value is -0.610. The molecule has 4 nitrogen and oxygen atoms in total. The van der Waals surface area contributed by atoms with E-state index in [4.69, 9.17) is 5.73 Å². The third kappa shape index (κ3) is 7.29. The summed E-state index contributed by atoms with van der Waals surface area (Å²) in [5, 5.41) is 2.87. The largest absolute Gasteiger partial charge is 0.465 e. The van der Waals surface area contributed by atoms with Crippen LogP contribution in [0.4, 0.5) is 0 Å². The molecule has 0 aliphatic heterocycles. The number of rotatable bonds is 5. The van der Waals surface area contributed by atoms with Crippen molar-refractivity contribution < 1.29 is 9.53 Å². The lowest BCUT2D eigenvalue weighted by Crippen LogP contribution is -2.34. The van der Waals surface area contributed by atoms with Gasteiger partial charge in [0.05, 0.1) is 13.2 Å². The van der Waals surface area contributed by atoms with E-state index in [2.05, 4.69) is 10.1 Å². The Bertz CT molecular complexity index is 115. The van der Waals surface area contributed by atoms with Crippen molar-refractivity contribution in [2.75, 3.05) is 19.7 Å². The zero-order valence-electron chi connectivity index (χ0n) is 7.09. The van der Waals surface area contributed by atoms with Gasteiger partial charge in [0.1, 0.15) is 0 Å². The average Bonchev–Trinajstić information content (AvgIpc) is 1.87. The number of ether oxygens (including phenoxy) is 1. The fourth-order valence-corrected chi connectivity index (χ4v) is 0.614. The molecule has 0 rings (SSSR count). The van der Waals surface area contributed by atoms with Crippen molar-refractivity contribution in [3.63, 3.8) is 0 Å². The molecule has 4 heteroatoms. The van der Waals surface area contributed by atoms with Crippen LogP contribution in [0.1, 0.15) is 13.8 Å². The van der Waals surface area contributed by atoms with Gasteiger partial charge < -0.3 is 15.8 Å². The van der Waals surface area contributed by atoms with Gasteiger partial charge in [-0.2, -0.15) is 0 Å². The molecule has 0 radical (unpaired) electrons. The van der Waals surface area contributed by atoms with Gasteiger partial charge in [0.25, 0.3) is 0 Å². The summed E-state index contributed by atoms with van der Waals surface area (Å²) < 4.78 is 4.68. The van der Waals surface area contributed by atoms with Crippen LogP contribution in [0.15, 0.2) is 0 Å². The van der Waals surface area contributed by atoms with Crippen LogP contribution in [0.5, 0.6) is 0 Å². The highest BCUT2D eigenvalue weighted by molar-refractivity contribution is 5.71. The molecule has 0 aromatic rings. The number of nitrogens with two attached hydrogens (primary N) is 1. The van der Waals surface area contributed by atoms with Gasteiger partial charge in [-0.05, 0) is 13.8 Å². The Morgan fingerprint density at radius 1 is 1.73 bits per heavy atom. The number of hydrogen-bond acceptors (Lipinski definition) is 4. The molecule has 11 heavy (non-hydrogen) atoms. The van der Waals surface area contributed by atoms with Gasteiger partial charge in [-0.15, -0.1) is 0 Å². The highest BCUT2D eigenvalue weighted by Gasteiger charge is 2.00. The Balaban J connectivity index is 3.17. The molecule has 0 saturated heterocycles. The minimum Gasteiger partial charge on any atom is -0.465 e. The molecule has 0 amide bonds. The first-order valence-electron chi connectivity index (χ1n) is 3.78. The third-order valence-electron chi connectivity index (χ3n) is 1.04. The van der Waals surface area contributed by atoms with Crippen LogP contribution in [0, 0.1) is 0 Å². The lowest BCUT2D eigenvalue weighted by Gasteiger charge is -2.06. The average molecular weight is 160 g/mol. The summed E-state index contributed by atoms with van der Waals surface area (Å²) in [6.07, 6.45) is 0. The zero-order valence-corrected chi connectivity index (χ0v) is 7.09. The maximum Gasteiger partial charge on any atom is 0.319 e. The first-order valence-corrected chi connectivity index (χ1v) is 3.78. The molecular formula is C7H16N2O2. The molecule has 0 aliphatic carbocycles. The number of esters is 1. The standard InChI is InChI=1S/C7H16N2O2/c1-3-11-7(10)5-9-4-6(2)8/h6,9H,3-5,8H2,1-2H3. The van der Waals surface area contributed by atoms with Crippen molar-refractivity contribution in [3.8, 4) is 0 Å². The summed E-state index contributed by atoms with van der Waals surface area (Å²) >= 11 is 0. The van der Waals surface area contributed by atoms with Crippen LogP contribution in [0.25, 0.3) is 0 Å². The van der Waals surface area contributed by atoms with Crippen LogP contribution in [-0.4, -0.2) is 31.7 Å². The van der Waals surface area contributed by atoms with E-state index in [1.807, 2.05) is 6.92 Å². The van der Waals surface area contributed by atoms with Gasteiger partial charge in [0.15, 0.2) is 0 Å². The first kappa shape index (κ1) is 10.4. The summed E-state index contributed by atoms with van der Waals surface area (Å²) in [6.45, 7) is 4.97. The lowest BCUT2D eigenvalue weighted by atomic mass is 10.4. The molecule has 0 aromatic heterocycles. The summed E-state index contributed by atoms with van der Waals surface area (Å²) in [4.78, 5) is 10.7. The molecule has 0 bridgehead atoms. The van der Waals surface area contributed by atoms with Gasteiger partial charge in [-0.3, -0.25) is 4.79 Å². The maximum absolute atomic E-state index is 10.7. The highest BCUT2D eigenvalue weighted by atomic mass is 16.5. The third-order valence-corrected chi connectivity index (χ3v) is 1.04. The highest BCUT2D eigenvalue weighted by Crippen LogP contribution is 1.75. The van der Waals surface area contributed by atoms with Crippen LogP contribution in [0.3, 0.4) is 0 Å². The van der Waals surface area contributed by atoms with Crippen molar-refractivity contribution in [3.05, 3.63) is 0 Å². The Kier molecular flexibility index (Phi) is 5.78. The molecule has 0 aromatic carbocycles. The minimum atomic E-state index is -0.229. The topological polar surface area (TPSA) is 64.3 Å². The molecule has 1 atom stereocenters. The van der Waals surface area contributed by atoms with Crippen molar-refractivity contribution >= 4 is 5.97 Å². The molecule has 0 fully saturated rings. The Morgan fingerprint density at radius 2 is 2.36 bits per heavy atom. The SMILES string of the molecule is CCOC(=O)CNCC(C)N. The van der Waals surface area contributed by atoms with Crippen molar-refractivity contribution in [2.45, 2.75) is 19.9 Å². The zero-order chi connectivity index (χ0) is 8.69. The van der Waals surface area contributed by atoms with E-state index in [-0.39, 0.29) is 18.6 Å². The Labute approximate surface area is 67.1 Å². The van der Waals surface area contributed by atoms with Crippen LogP contribution >= 0.6 is 0 Å². The number of carbonyl (C=O) groups is 1. The lowest BCUT2D eigenvalue weighted by molar-refractivity contribution is -0.141. The molecule has 1 unspecified atom stereocenters. The maximum atomic E-state index is 10.7. The van der Waals surface area contributed by atoms with E-state index in [1.165, 1.54) is 0 Å². The van der Waals surface area contributed by atoms with Crippen molar-refractivity contribution in [1.82, 2.24) is 5.32 Å². The van der Waals surface area contributed by atoms with Gasteiger partial charge in [-0.25, -0.2) is 0 Å². The second-order valence-electron chi connectivity index (χ2n) is 2.41. The number of carbonyl (C=O) groups excluding carboxylic acids is 1. The summed E-state index contributed by atoms with van der Waals surface area (Å²) in [7, 11) is 0. The molecule has 66 valence electrons.